The van der Waals surface area contributed by atoms with Crippen molar-refractivity contribution >= 4 is 7.82 Å². The molecule has 0 heterocycles. The van der Waals surface area contributed by atoms with Crippen LogP contribution in [0.15, 0.2) is 0 Å². The zero-order valence-corrected chi connectivity index (χ0v) is 19.2. The maximum absolute atomic E-state index is 10.6. The van der Waals surface area contributed by atoms with E-state index in [9.17, 15) is 9.46 Å². The van der Waals surface area contributed by atoms with Crippen LogP contribution in [0.3, 0.4) is 0 Å². The highest BCUT2D eigenvalue weighted by atomic mass is 31.2. The van der Waals surface area contributed by atoms with Crippen molar-refractivity contribution < 1.29 is 23.4 Å². The highest BCUT2D eigenvalue weighted by molar-refractivity contribution is 7.44. The van der Waals surface area contributed by atoms with Gasteiger partial charge in [-0.15, -0.1) is 0 Å². The molecule has 1 unspecified atom stereocenters. The lowest BCUT2D eigenvalue weighted by molar-refractivity contribution is -0.890. The average Bonchev–Trinajstić information content (AvgIpc) is 2.57. The fraction of sp³-hybridized carbons (Fsp3) is 1.00. The van der Waals surface area contributed by atoms with Gasteiger partial charge >= 0.3 is 0 Å². The molecule has 5 nitrogen and oxygen atoms in total. The normalized spacial score (nSPS) is 14.4. The molecule has 1 N–H and O–H groups in total. The predicted octanol–water partition coefficient (Wildman–Crippen LogP) is 5.41. The van der Waals surface area contributed by atoms with Crippen LogP contribution in [0, 0.1) is 0 Å². The van der Waals surface area contributed by atoms with Crippen LogP contribution < -0.4 is 4.89 Å². The van der Waals surface area contributed by atoms with Crippen molar-refractivity contribution in [2.24, 2.45) is 0 Å². The Morgan fingerprint density at radius 2 is 1.11 bits per heavy atom. The third-order valence-electron chi connectivity index (χ3n) is 5.32. The molecule has 0 saturated heterocycles. The predicted molar refractivity (Wildman–Crippen MR) is 113 cm³/mol. The van der Waals surface area contributed by atoms with Crippen molar-refractivity contribution in [1.82, 2.24) is 0 Å². The monoisotopic (exact) mass is 407 g/mol. The fourth-order valence-corrected chi connectivity index (χ4v) is 3.74. The van der Waals surface area contributed by atoms with Crippen molar-refractivity contribution in [3.63, 3.8) is 0 Å². The van der Waals surface area contributed by atoms with Gasteiger partial charge in [0.1, 0.15) is 13.2 Å². The quantitative estimate of drug-likeness (QED) is 0.166. The second-order valence-electron chi connectivity index (χ2n) is 8.63. The number of unbranched alkanes of at least 4 members (excludes halogenated alkanes) is 14. The summed E-state index contributed by atoms with van der Waals surface area (Å²) in [6.07, 6.45) is 20.4. The van der Waals surface area contributed by atoms with Crippen LogP contribution >= 0.6 is 7.82 Å². The molecule has 0 aromatic heterocycles. The van der Waals surface area contributed by atoms with E-state index in [2.05, 4.69) is 25.5 Å². The molecular formula is C21H46NO4P. The van der Waals surface area contributed by atoms with Crippen LogP contribution in [0.2, 0.25) is 0 Å². The molecule has 0 radical (unpaired) electrons. The van der Waals surface area contributed by atoms with Gasteiger partial charge in [-0.25, -0.2) is 0 Å². The van der Waals surface area contributed by atoms with Crippen molar-refractivity contribution in [3.8, 4) is 0 Å². The first-order valence-electron chi connectivity index (χ1n) is 11.3. The molecule has 27 heavy (non-hydrogen) atoms. The highest BCUT2D eigenvalue weighted by Crippen LogP contribution is 2.29. The number of likely N-dealkylation sites (N-methyl/N-ethyl adjacent to an activating group) is 1. The van der Waals surface area contributed by atoms with Crippen LogP contribution in [-0.4, -0.2) is 43.2 Å². The zero-order valence-electron chi connectivity index (χ0n) is 18.3. The number of rotatable bonds is 20. The second-order valence-corrected chi connectivity index (χ2v) is 9.83. The van der Waals surface area contributed by atoms with Crippen LogP contribution in [-0.2, 0) is 9.09 Å². The Balaban J connectivity index is 3.31. The molecule has 0 spiro atoms. The number of quaternary nitrogens is 1. The molecule has 0 fully saturated rings. The van der Waals surface area contributed by atoms with Crippen LogP contribution in [0.4, 0.5) is 0 Å². The number of hydrogen-bond donors (Lipinski definition) is 1. The number of phosphoric ester groups is 1. The summed E-state index contributed by atoms with van der Waals surface area (Å²) < 4.78 is 15.7. The van der Waals surface area contributed by atoms with Gasteiger partial charge in [0, 0.05) is 0 Å². The van der Waals surface area contributed by atoms with Crippen molar-refractivity contribution in [3.05, 3.63) is 0 Å². The Morgan fingerprint density at radius 3 is 1.48 bits per heavy atom. The Labute approximate surface area is 168 Å². The topological polar surface area (TPSA) is 69.6 Å². The Hall–Kier alpha value is 0.0700. The van der Waals surface area contributed by atoms with Crippen LogP contribution in [0.25, 0.3) is 0 Å². The van der Waals surface area contributed by atoms with E-state index in [1.807, 2.05) is 0 Å². The first-order chi connectivity index (χ1) is 12.8. The van der Waals surface area contributed by atoms with Gasteiger partial charge in [0.05, 0.1) is 20.6 Å². The van der Waals surface area contributed by atoms with Crippen molar-refractivity contribution in [2.45, 2.75) is 103 Å². The standard InChI is InChI=1S/C21H46NO4P/c1-4-5-6-7-8-9-10-11-12-13-14-15-16-17-18-19-22(2,3)20-21-26-27(23,24)25/h4-21H2,1-3H3,(H-,23,24,25). The Bertz CT molecular complexity index is 371. The Morgan fingerprint density at radius 1 is 0.741 bits per heavy atom. The van der Waals surface area contributed by atoms with Gasteiger partial charge in [-0.1, -0.05) is 90.4 Å². The molecule has 164 valence electrons. The van der Waals surface area contributed by atoms with E-state index in [1.54, 1.807) is 0 Å². The summed E-state index contributed by atoms with van der Waals surface area (Å²) in [5.74, 6) is 0. The molecule has 0 aromatic carbocycles. The summed E-state index contributed by atoms with van der Waals surface area (Å²) in [6.45, 7) is 3.91. The van der Waals surface area contributed by atoms with E-state index in [-0.39, 0.29) is 6.61 Å². The van der Waals surface area contributed by atoms with E-state index < -0.39 is 7.82 Å². The molecular weight excluding hydrogens is 361 g/mol. The molecule has 0 bridgehead atoms. The summed E-state index contributed by atoms with van der Waals surface area (Å²) >= 11 is 0. The van der Waals surface area contributed by atoms with Gasteiger partial charge < -0.3 is 18.8 Å². The van der Waals surface area contributed by atoms with E-state index >= 15 is 0 Å². The summed E-state index contributed by atoms with van der Waals surface area (Å²) in [5, 5.41) is 0. The third kappa shape index (κ3) is 22.2. The summed E-state index contributed by atoms with van der Waals surface area (Å²) in [4.78, 5) is 19.2. The minimum absolute atomic E-state index is 0.0447. The van der Waals surface area contributed by atoms with Crippen molar-refractivity contribution in [2.75, 3.05) is 33.8 Å². The number of hydrogen-bond acceptors (Lipinski definition) is 3. The maximum Gasteiger partial charge on any atom is 0.265 e. The van der Waals surface area contributed by atoms with E-state index in [4.69, 9.17) is 4.89 Å². The number of phosphoric acid groups is 1. The molecule has 1 atom stereocenters. The summed E-state index contributed by atoms with van der Waals surface area (Å²) in [5.41, 5.74) is 0. The summed E-state index contributed by atoms with van der Waals surface area (Å²) in [6, 6.07) is 0. The molecule has 0 aliphatic carbocycles. The van der Waals surface area contributed by atoms with E-state index in [1.165, 1.54) is 89.9 Å². The van der Waals surface area contributed by atoms with Gasteiger partial charge in [-0.05, 0) is 12.8 Å². The molecule has 0 aliphatic rings. The van der Waals surface area contributed by atoms with Gasteiger partial charge in [-0.2, -0.15) is 0 Å². The average molecular weight is 408 g/mol. The zero-order chi connectivity index (χ0) is 20.4. The van der Waals surface area contributed by atoms with Gasteiger partial charge in [-0.3, -0.25) is 4.57 Å². The molecule has 0 rings (SSSR count). The second kappa shape index (κ2) is 17.0. The van der Waals surface area contributed by atoms with Crippen LogP contribution in [0.1, 0.15) is 103 Å². The maximum atomic E-state index is 10.6. The smallest absolute Gasteiger partial charge is 0.265 e. The lowest BCUT2D eigenvalue weighted by Gasteiger charge is -2.30. The van der Waals surface area contributed by atoms with E-state index in [0.29, 0.717) is 6.54 Å². The third-order valence-corrected chi connectivity index (χ3v) is 5.83. The Kier molecular flexibility index (Phi) is 17.0. The first-order valence-corrected chi connectivity index (χ1v) is 12.8. The van der Waals surface area contributed by atoms with Gasteiger partial charge in [0.15, 0.2) is 0 Å². The fourth-order valence-electron chi connectivity index (χ4n) is 3.43. The van der Waals surface area contributed by atoms with Crippen LogP contribution in [0.5, 0.6) is 0 Å². The summed E-state index contributed by atoms with van der Waals surface area (Å²) in [7, 11) is -0.435. The SMILES string of the molecule is CCCCCCCCCCCCCCCCC[N+](C)(C)CCOP(=O)([O-])O. The lowest BCUT2D eigenvalue weighted by Crippen LogP contribution is -2.43. The molecule has 6 heteroatoms. The molecule has 0 amide bonds. The molecule has 0 aliphatic heterocycles. The number of nitrogens with zero attached hydrogens (tertiary/aromatic N) is 1. The van der Waals surface area contributed by atoms with Crippen molar-refractivity contribution in [1.29, 1.82) is 0 Å². The lowest BCUT2D eigenvalue weighted by atomic mass is 10.0. The van der Waals surface area contributed by atoms with E-state index in [0.717, 1.165) is 17.4 Å². The van der Waals surface area contributed by atoms with Gasteiger partial charge in [0.2, 0.25) is 0 Å². The largest absolute Gasteiger partial charge is 0.756 e. The molecule has 0 aromatic rings. The minimum atomic E-state index is -4.57. The van der Waals surface area contributed by atoms with Gasteiger partial charge in [0.25, 0.3) is 7.82 Å². The molecule has 0 saturated carbocycles. The first kappa shape index (κ1) is 27.1. The minimum Gasteiger partial charge on any atom is -0.756 e. The highest BCUT2D eigenvalue weighted by Gasteiger charge is 2.15.